The molecule has 3 amide bonds. The highest BCUT2D eigenvalue weighted by Crippen LogP contribution is 2.38. The van der Waals surface area contributed by atoms with Gasteiger partial charge in [0.15, 0.2) is 14.2 Å². The van der Waals surface area contributed by atoms with Gasteiger partial charge in [-0.05, 0) is 91.0 Å². The second kappa shape index (κ2) is 14.1. The lowest BCUT2D eigenvalue weighted by atomic mass is 9.95. The Morgan fingerprint density at radius 3 is 2.30 bits per heavy atom. The SMILES string of the molecule is CC1=C(C(=O)Nc2ccccc2)[C@@H](c2ccc(N(C)C)cc2)n2c(s/c(=C\c3ccc(Sc4nc5ccc(N6C(=O)c7ccccc7C6=O)cc5s4)o3)c2=O)=N1. The van der Waals surface area contributed by atoms with E-state index in [0.29, 0.717) is 58.3 Å². The molecular formula is C42H30N6O5S3. The van der Waals surface area contributed by atoms with Gasteiger partial charge in [-0.1, -0.05) is 53.8 Å². The summed E-state index contributed by atoms with van der Waals surface area (Å²) in [5.41, 5.74) is 5.01. The van der Waals surface area contributed by atoms with E-state index in [4.69, 9.17) is 14.4 Å². The van der Waals surface area contributed by atoms with Crippen molar-refractivity contribution < 1.29 is 18.8 Å². The molecule has 1 atom stereocenters. The maximum atomic E-state index is 14.3. The molecule has 0 bridgehead atoms. The van der Waals surface area contributed by atoms with E-state index < -0.39 is 6.04 Å². The molecule has 11 nitrogen and oxygen atoms in total. The normalized spacial score (nSPS) is 15.3. The fourth-order valence-electron chi connectivity index (χ4n) is 6.78. The summed E-state index contributed by atoms with van der Waals surface area (Å²) in [6.45, 7) is 1.79. The second-order valence-corrected chi connectivity index (χ2v) is 16.6. The number of hydrogen-bond donors (Lipinski definition) is 1. The maximum Gasteiger partial charge on any atom is 0.271 e. The maximum absolute atomic E-state index is 14.3. The number of aromatic nitrogens is 2. The number of rotatable bonds is 8. The van der Waals surface area contributed by atoms with Crippen LogP contribution in [0.4, 0.5) is 17.1 Å². The number of imide groups is 1. The Morgan fingerprint density at radius 2 is 1.59 bits per heavy atom. The molecule has 0 aliphatic carbocycles. The Balaban J connectivity index is 1.01. The summed E-state index contributed by atoms with van der Waals surface area (Å²) in [7, 11) is 3.91. The predicted octanol–water partition coefficient (Wildman–Crippen LogP) is 7.09. The van der Waals surface area contributed by atoms with Gasteiger partial charge in [0.2, 0.25) is 0 Å². The van der Waals surface area contributed by atoms with E-state index in [9.17, 15) is 19.2 Å². The summed E-state index contributed by atoms with van der Waals surface area (Å²) < 4.78 is 9.67. The van der Waals surface area contributed by atoms with Gasteiger partial charge in [0.25, 0.3) is 23.3 Å². The molecule has 2 aliphatic heterocycles. The lowest BCUT2D eigenvalue weighted by molar-refractivity contribution is -0.113. The van der Waals surface area contributed by atoms with Crippen LogP contribution in [0.15, 0.2) is 144 Å². The van der Waals surface area contributed by atoms with E-state index in [0.717, 1.165) is 21.5 Å². The number of hydrogen-bond acceptors (Lipinski definition) is 11. The standard InChI is InChI=1S/C42H30N6O5S3/c1-23-35(37(49)44-25-9-5-4-6-10-25)36(24-13-15-26(16-14-24)46(2)3)48-40(52)33(54-41(48)43-23)22-28-18-20-34(53-28)56-42-45-31-19-17-27(21-32(31)55-42)47-38(50)29-11-7-8-12-30(29)39(47)51/h4-22,36H,1-3H3,(H,44,49)/b33-22-/t36-/m1/s1. The number of carbonyl (C=O) groups excluding carboxylic acids is 3. The molecule has 4 aromatic carbocycles. The molecule has 0 unspecified atom stereocenters. The van der Waals surface area contributed by atoms with Gasteiger partial charge in [0.05, 0.1) is 48.9 Å². The number of nitrogens with zero attached hydrogens (tertiary/aromatic N) is 5. The number of carbonyl (C=O) groups is 3. The Morgan fingerprint density at radius 1 is 0.875 bits per heavy atom. The number of amides is 3. The number of fused-ring (bicyclic) bond motifs is 3. The lowest BCUT2D eigenvalue weighted by Gasteiger charge is -2.26. The fourth-order valence-corrected chi connectivity index (χ4v) is 9.81. The van der Waals surface area contributed by atoms with E-state index in [1.807, 2.05) is 79.7 Å². The lowest BCUT2D eigenvalue weighted by Crippen LogP contribution is -2.40. The Hall–Kier alpha value is -6.35. The van der Waals surface area contributed by atoms with E-state index in [1.165, 1.54) is 39.3 Å². The van der Waals surface area contributed by atoms with Gasteiger partial charge in [0.1, 0.15) is 5.76 Å². The molecule has 3 aromatic heterocycles. The number of thiazole rings is 2. The highest BCUT2D eigenvalue weighted by molar-refractivity contribution is 8.01. The summed E-state index contributed by atoms with van der Waals surface area (Å²) in [5, 5.41) is 3.55. The van der Waals surface area contributed by atoms with Crippen LogP contribution in [0, 0.1) is 0 Å². The van der Waals surface area contributed by atoms with Crippen LogP contribution in [0.1, 0.15) is 45.0 Å². The quantitative estimate of drug-likeness (QED) is 0.162. The molecule has 5 heterocycles. The highest BCUT2D eigenvalue weighted by Gasteiger charge is 2.37. The molecule has 0 saturated carbocycles. The molecule has 0 saturated heterocycles. The van der Waals surface area contributed by atoms with Crippen LogP contribution in [-0.4, -0.2) is 41.4 Å². The fraction of sp³-hybridized carbons (Fsp3) is 0.0952. The Bertz CT molecular complexity index is 2930. The highest BCUT2D eigenvalue weighted by atomic mass is 32.2. The van der Waals surface area contributed by atoms with Crippen molar-refractivity contribution >= 4 is 85.5 Å². The zero-order valence-corrected chi connectivity index (χ0v) is 32.5. The zero-order chi connectivity index (χ0) is 38.7. The first-order chi connectivity index (χ1) is 27.1. The smallest absolute Gasteiger partial charge is 0.271 e. The number of nitrogens with one attached hydrogen (secondary N) is 1. The van der Waals surface area contributed by atoms with Crippen LogP contribution in [0.2, 0.25) is 0 Å². The van der Waals surface area contributed by atoms with E-state index >= 15 is 0 Å². The summed E-state index contributed by atoms with van der Waals surface area (Å²) in [5.74, 6) is -0.567. The summed E-state index contributed by atoms with van der Waals surface area (Å²) >= 11 is 3.98. The number of allylic oxidation sites excluding steroid dienone is 1. The van der Waals surface area contributed by atoms with Crippen molar-refractivity contribution in [3.05, 3.63) is 163 Å². The Labute approximate surface area is 331 Å². The van der Waals surface area contributed by atoms with Crippen LogP contribution in [0.25, 0.3) is 16.3 Å². The Kier molecular flexibility index (Phi) is 8.87. The number of furan rings is 1. The summed E-state index contributed by atoms with van der Waals surface area (Å²) in [4.78, 5) is 67.4. The van der Waals surface area contributed by atoms with Gasteiger partial charge in [-0.2, -0.15) is 0 Å². The van der Waals surface area contributed by atoms with Gasteiger partial charge in [0, 0.05) is 31.5 Å². The first-order valence-electron chi connectivity index (χ1n) is 17.5. The van der Waals surface area contributed by atoms with Crippen LogP contribution >= 0.6 is 34.4 Å². The van der Waals surface area contributed by atoms with Crippen LogP contribution in [0.3, 0.4) is 0 Å². The molecule has 1 N–H and O–H groups in total. The van der Waals surface area contributed by atoms with Crippen molar-refractivity contribution in [1.82, 2.24) is 9.55 Å². The first kappa shape index (κ1) is 35.4. The first-order valence-corrected chi connectivity index (χ1v) is 19.9. The summed E-state index contributed by atoms with van der Waals surface area (Å²) in [6.07, 6.45) is 1.69. The summed E-state index contributed by atoms with van der Waals surface area (Å²) in [6, 6.07) is 32.0. The minimum absolute atomic E-state index is 0.293. The molecule has 276 valence electrons. The van der Waals surface area contributed by atoms with E-state index in [-0.39, 0.29) is 23.3 Å². The molecule has 7 aromatic rings. The third-order valence-corrected chi connectivity index (χ3v) is 12.5. The van der Waals surface area contributed by atoms with Crippen LogP contribution in [-0.2, 0) is 4.79 Å². The molecule has 0 radical (unpaired) electrons. The van der Waals surface area contributed by atoms with Gasteiger partial charge < -0.3 is 14.6 Å². The van der Waals surface area contributed by atoms with Crippen molar-refractivity contribution in [2.75, 3.05) is 29.2 Å². The van der Waals surface area contributed by atoms with Gasteiger partial charge >= 0.3 is 0 Å². The van der Waals surface area contributed by atoms with Crippen molar-refractivity contribution in [3.8, 4) is 0 Å². The number of para-hydroxylation sites is 1. The molecular weight excluding hydrogens is 765 g/mol. The van der Waals surface area contributed by atoms with Crippen LogP contribution in [0.5, 0.6) is 0 Å². The van der Waals surface area contributed by atoms with Gasteiger partial charge in [-0.3, -0.25) is 23.7 Å². The van der Waals surface area contributed by atoms with Crippen molar-refractivity contribution in [1.29, 1.82) is 0 Å². The van der Waals surface area contributed by atoms with E-state index in [1.54, 1.807) is 66.1 Å². The molecule has 0 fully saturated rings. The number of anilines is 3. The third-order valence-electron chi connectivity index (χ3n) is 9.49. The van der Waals surface area contributed by atoms with Gasteiger partial charge in [-0.25, -0.2) is 14.9 Å². The van der Waals surface area contributed by atoms with E-state index in [2.05, 4.69) is 5.32 Å². The molecule has 0 spiro atoms. The van der Waals surface area contributed by atoms with Crippen molar-refractivity contribution in [3.63, 3.8) is 0 Å². The predicted molar refractivity (Wildman–Crippen MR) is 220 cm³/mol. The second-order valence-electron chi connectivity index (χ2n) is 13.3. The topological polar surface area (TPSA) is 130 Å². The number of benzene rings is 4. The zero-order valence-electron chi connectivity index (χ0n) is 30.0. The monoisotopic (exact) mass is 794 g/mol. The molecule has 2 aliphatic rings. The van der Waals surface area contributed by atoms with Crippen molar-refractivity contribution in [2.45, 2.75) is 22.4 Å². The minimum Gasteiger partial charge on any atom is -0.450 e. The average molecular weight is 795 g/mol. The average Bonchev–Trinajstić information content (AvgIpc) is 3.95. The van der Waals surface area contributed by atoms with Crippen LogP contribution < -0.4 is 30.0 Å². The van der Waals surface area contributed by atoms with Crippen molar-refractivity contribution in [2.24, 2.45) is 4.99 Å². The minimum atomic E-state index is -0.715. The molecule has 14 heteroatoms. The largest absolute Gasteiger partial charge is 0.450 e. The molecule has 56 heavy (non-hydrogen) atoms. The molecule has 9 rings (SSSR count). The van der Waals surface area contributed by atoms with Gasteiger partial charge in [-0.15, -0.1) is 11.3 Å². The third kappa shape index (κ3) is 6.27.